The van der Waals surface area contributed by atoms with Crippen molar-refractivity contribution < 1.29 is 14.3 Å². The van der Waals surface area contributed by atoms with Gasteiger partial charge in [0.2, 0.25) is 0 Å². The summed E-state index contributed by atoms with van der Waals surface area (Å²) in [5.41, 5.74) is 0. The van der Waals surface area contributed by atoms with Gasteiger partial charge in [-0.05, 0) is 25.3 Å². The smallest absolute Gasteiger partial charge is 0.437 e. The standard InChI is InChI=1S/C10H16O3/c1-12-10(11)13-9-7-5-3-2-4-6-8-9/h7H,2-6,8H2,1H3/b9-7+. The van der Waals surface area contributed by atoms with E-state index in [4.69, 9.17) is 4.74 Å². The summed E-state index contributed by atoms with van der Waals surface area (Å²) in [6.45, 7) is 0. The van der Waals surface area contributed by atoms with Crippen molar-refractivity contribution in [3.05, 3.63) is 11.8 Å². The van der Waals surface area contributed by atoms with Crippen molar-refractivity contribution in [1.29, 1.82) is 0 Å². The van der Waals surface area contributed by atoms with E-state index in [1.807, 2.05) is 6.08 Å². The first-order valence-electron chi connectivity index (χ1n) is 4.78. The highest BCUT2D eigenvalue weighted by Crippen LogP contribution is 2.17. The van der Waals surface area contributed by atoms with Crippen molar-refractivity contribution in [2.45, 2.75) is 38.5 Å². The summed E-state index contributed by atoms with van der Waals surface area (Å²) in [7, 11) is 1.33. The predicted octanol–water partition coefficient (Wildman–Crippen LogP) is 3.01. The van der Waals surface area contributed by atoms with Gasteiger partial charge in [-0.3, -0.25) is 0 Å². The van der Waals surface area contributed by atoms with Gasteiger partial charge in [0.15, 0.2) is 0 Å². The van der Waals surface area contributed by atoms with Gasteiger partial charge in [-0.2, -0.15) is 0 Å². The van der Waals surface area contributed by atoms with Crippen molar-refractivity contribution in [2.75, 3.05) is 7.11 Å². The number of hydrogen-bond acceptors (Lipinski definition) is 3. The van der Waals surface area contributed by atoms with Gasteiger partial charge in [0, 0.05) is 6.42 Å². The molecular weight excluding hydrogens is 168 g/mol. The number of allylic oxidation sites excluding steroid dienone is 2. The van der Waals surface area contributed by atoms with Gasteiger partial charge in [0.25, 0.3) is 0 Å². The van der Waals surface area contributed by atoms with E-state index in [9.17, 15) is 4.79 Å². The molecule has 13 heavy (non-hydrogen) atoms. The van der Waals surface area contributed by atoms with Gasteiger partial charge in [-0.25, -0.2) is 4.79 Å². The molecule has 0 amide bonds. The highest BCUT2D eigenvalue weighted by Gasteiger charge is 2.07. The van der Waals surface area contributed by atoms with Crippen molar-refractivity contribution >= 4 is 6.16 Å². The van der Waals surface area contributed by atoms with E-state index in [0.717, 1.165) is 25.0 Å². The minimum Gasteiger partial charge on any atom is -0.437 e. The Bertz CT molecular complexity index is 196. The lowest BCUT2D eigenvalue weighted by molar-refractivity contribution is 0.0939. The number of methoxy groups -OCH3 is 1. The minimum absolute atomic E-state index is 0.605. The maximum absolute atomic E-state index is 10.8. The topological polar surface area (TPSA) is 35.5 Å². The van der Waals surface area contributed by atoms with E-state index >= 15 is 0 Å². The Kier molecular flexibility index (Phi) is 4.36. The highest BCUT2D eigenvalue weighted by molar-refractivity contribution is 5.61. The second-order valence-electron chi connectivity index (χ2n) is 3.18. The quantitative estimate of drug-likeness (QED) is 0.587. The lowest BCUT2D eigenvalue weighted by atomic mass is 10.1. The number of hydrogen-bond donors (Lipinski definition) is 0. The molecule has 1 rings (SSSR count). The summed E-state index contributed by atoms with van der Waals surface area (Å²) in [6, 6.07) is 0. The van der Waals surface area contributed by atoms with Gasteiger partial charge in [-0.1, -0.05) is 12.8 Å². The normalized spacial score (nSPS) is 22.1. The summed E-state index contributed by atoms with van der Waals surface area (Å²) >= 11 is 0. The van der Waals surface area contributed by atoms with Crippen LogP contribution in [0.4, 0.5) is 4.79 Å². The monoisotopic (exact) mass is 184 g/mol. The van der Waals surface area contributed by atoms with Crippen LogP contribution < -0.4 is 0 Å². The van der Waals surface area contributed by atoms with E-state index in [2.05, 4.69) is 4.74 Å². The first-order valence-corrected chi connectivity index (χ1v) is 4.78. The summed E-state index contributed by atoms with van der Waals surface area (Å²) in [5, 5.41) is 0. The summed E-state index contributed by atoms with van der Waals surface area (Å²) in [6.07, 6.45) is 8.05. The van der Waals surface area contributed by atoms with Crippen molar-refractivity contribution in [3.63, 3.8) is 0 Å². The van der Waals surface area contributed by atoms with Crippen LogP contribution in [0.2, 0.25) is 0 Å². The zero-order valence-electron chi connectivity index (χ0n) is 8.04. The molecule has 0 saturated heterocycles. The molecule has 0 saturated carbocycles. The summed E-state index contributed by atoms with van der Waals surface area (Å²) < 4.78 is 9.40. The van der Waals surface area contributed by atoms with Crippen LogP contribution in [0, 0.1) is 0 Å². The summed E-state index contributed by atoms with van der Waals surface area (Å²) in [5.74, 6) is 0.770. The Balaban J connectivity index is 2.40. The van der Waals surface area contributed by atoms with E-state index < -0.39 is 6.16 Å². The van der Waals surface area contributed by atoms with Crippen LogP contribution in [0.15, 0.2) is 11.8 Å². The van der Waals surface area contributed by atoms with Crippen LogP contribution >= 0.6 is 0 Å². The average Bonchev–Trinajstić information content (AvgIpc) is 2.09. The number of rotatable bonds is 1. The van der Waals surface area contributed by atoms with E-state index in [-0.39, 0.29) is 0 Å². The van der Waals surface area contributed by atoms with Crippen molar-refractivity contribution in [3.8, 4) is 0 Å². The van der Waals surface area contributed by atoms with Gasteiger partial charge >= 0.3 is 6.16 Å². The number of carbonyl (C=O) groups is 1. The molecule has 0 aromatic rings. The van der Waals surface area contributed by atoms with Gasteiger partial charge in [-0.15, -0.1) is 0 Å². The largest absolute Gasteiger partial charge is 0.513 e. The second kappa shape index (κ2) is 5.62. The predicted molar refractivity (Wildman–Crippen MR) is 49.3 cm³/mol. The molecular formula is C10H16O3. The number of ether oxygens (including phenoxy) is 2. The molecule has 1 aliphatic rings. The fourth-order valence-electron chi connectivity index (χ4n) is 1.40. The van der Waals surface area contributed by atoms with Crippen LogP contribution in [0.5, 0.6) is 0 Å². The zero-order chi connectivity index (χ0) is 9.52. The lowest BCUT2D eigenvalue weighted by Crippen LogP contribution is -2.05. The Labute approximate surface area is 78.7 Å². The first-order chi connectivity index (χ1) is 6.33. The molecule has 0 atom stereocenters. The molecule has 0 N–H and O–H groups in total. The second-order valence-corrected chi connectivity index (χ2v) is 3.18. The summed E-state index contributed by atoms with van der Waals surface area (Å²) in [4.78, 5) is 10.8. The molecule has 0 spiro atoms. The highest BCUT2D eigenvalue weighted by atomic mass is 16.7. The molecule has 3 nitrogen and oxygen atoms in total. The molecule has 1 aliphatic carbocycles. The lowest BCUT2D eigenvalue weighted by Gasteiger charge is -2.10. The molecule has 0 aromatic heterocycles. The van der Waals surface area contributed by atoms with E-state index in [1.165, 1.54) is 26.4 Å². The first kappa shape index (κ1) is 10.1. The van der Waals surface area contributed by atoms with Crippen LogP contribution in [-0.4, -0.2) is 13.3 Å². The van der Waals surface area contributed by atoms with Crippen molar-refractivity contribution in [2.24, 2.45) is 0 Å². The fourth-order valence-corrected chi connectivity index (χ4v) is 1.40. The fraction of sp³-hybridized carbons (Fsp3) is 0.700. The minimum atomic E-state index is -0.605. The SMILES string of the molecule is COC(=O)O/C1=C/CCCCCC1. The maximum atomic E-state index is 10.8. The Hall–Kier alpha value is -0.990. The molecule has 0 aliphatic heterocycles. The van der Waals surface area contributed by atoms with Gasteiger partial charge in [0.05, 0.1) is 7.11 Å². The maximum Gasteiger partial charge on any atom is 0.513 e. The molecule has 0 aromatic carbocycles. The molecule has 3 heteroatoms. The zero-order valence-corrected chi connectivity index (χ0v) is 8.04. The number of carbonyl (C=O) groups excluding carboxylic acids is 1. The Morgan fingerprint density at radius 2 is 2.08 bits per heavy atom. The van der Waals surface area contributed by atoms with Gasteiger partial charge < -0.3 is 9.47 Å². The third kappa shape index (κ3) is 3.97. The molecule has 74 valence electrons. The van der Waals surface area contributed by atoms with Crippen molar-refractivity contribution in [1.82, 2.24) is 0 Å². The molecule has 0 bridgehead atoms. The molecule has 0 fully saturated rings. The van der Waals surface area contributed by atoms with Crippen LogP contribution in [0.25, 0.3) is 0 Å². The Morgan fingerprint density at radius 1 is 1.31 bits per heavy atom. The van der Waals surface area contributed by atoms with Crippen LogP contribution in [-0.2, 0) is 9.47 Å². The molecule has 0 heterocycles. The van der Waals surface area contributed by atoms with Crippen LogP contribution in [0.1, 0.15) is 38.5 Å². The van der Waals surface area contributed by atoms with E-state index in [1.54, 1.807) is 0 Å². The molecule has 0 radical (unpaired) electrons. The van der Waals surface area contributed by atoms with Crippen LogP contribution in [0.3, 0.4) is 0 Å². The molecule has 0 unspecified atom stereocenters. The third-order valence-electron chi connectivity index (χ3n) is 2.13. The van der Waals surface area contributed by atoms with E-state index in [0.29, 0.717) is 0 Å². The third-order valence-corrected chi connectivity index (χ3v) is 2.13. The van der Waals surface area contributed by atoms with Gasteiger partial charge in [0.1, 0.15) is 5.76 Å². The Morgan fingerprint density at radius 3 is 2.85 bits per heavy atom. The average molecular weight is 184 g/mol.